The average molecular weight is 295 g/mol. The van der Waals surface area contributed by atoms with Gasteiger partial charge in [0.2, 0.25) is 0 Å². The van der Waals surface area contributed by atoms with E-state index in [4.69, 9.17) is 0 Å². The minimum atomic E-state index is -0.782. The number of likely N-dealkylation sites (tertiary alicyclic amines) is 1. The second-order valence-corrected chi connectivity index (χ2v) is 6.77. The molecule has 1 heterocycles. The van der Waals surface area contributed by atoms with Crippen molar-refractivity contribution in [3.05, 3.63) is 70.8 Å². The zero-order valence-corrected chi connectivity index (χ0v) is 13.7. The number of aliphatic hydroxyl groups is 1. The molecule has 0 amide bonds. The number of rotatable bonds is 2. The first kappa shape index (κ1) is 15.3. The molecule has 1 fully saturated rings. The van der Waals surface area contributed by atoms with Crippen LogP contribution in [0.15, 0.2) is 48.5 Å². The topological polar surface area (TPSA) is 23.5 Å². The molecule has 1 aliphatic rings. The van der Waals surface area contributed by atoms with Gasteiger partial charge in [0.25, 0.3) is 0 Å². The van der Waals surface area contributed by atoms with Crippen molar-refractivity contribution >= 4 is 0 Å². The molecular weight excluding hydrogens is 270 g/mol. The number of benzene rings is 2. The highest BCUT2D eigenvalue weighted by Gasteiger charge is 2.42. The van der Waals surface area contributed by atoms with Crippen molar-refractivity contribution in [3.8, 4) is 0 Å². The van der Waals surface area contributed by atoms with E-state index in [1.54, 1.807) is 0 Å². The van der Waals surface area contributed by atoms with Gasteiger partial charge in [0, 0.05) is 19.0 Å². The van der Waals surface area contributed by atoms with Crippen LogP contribution in [0.4, 0.5) is 0 Å². The SMILES string of the molecule is Cc1ccc([C@H]2CN(C)CC[C@]2(O)c2ccc(C)cc2)cc1. The van der Waals surface area contributed by atoms with Gasteiger partial charge >= 0.3 is 0 Å². The molecule has 116 valence electrons. The Balaban J connectivity index is 2.02. The van der Waals surface area contributed by atoms with Crippen molar-refractivity contribution in [2.75, 3.05) is 20.1 Å². The van der Waals surface area contributed by atoms with E-state index < -0.39 is 5.60 Å². The minimum absolute atomic E-state index is 0.106. The van der Waals surface area contributed by atoms with Crippen LogP contribution >= 0.6 is 0 Å². The van der Waals surface area contributed by atoms with E-state index in [9.17, 15) is 5.11 Å². The summed E-state index contributed by atoms with van der Waals surface area (Å²) >= 11 is 0. The Bertz CT molecular complexity index is 632. The highest BCUT2D eigenvalue weighted by molar-refractivity contribution is 5.35. The van der Waals surface area contributed by atoms with E-state index in [1.807, 2.05) is 0 Å². The van der Waals surface area contributed by atoms with Crippen molar-refractivity contribution in [1.29, 1.82) is 0 Å². The van der Waals surface area contributed by atoms with Gasteiger partial charge in [-0.15, -0.1) is 0 Å². The molecule has 0 radical (unpaired) electrons. The fourth-order valence-corrected chi connectivity index (χ4v) is 3.46. The molecular formula is C20H25NO. The maximum absolute atomic E-state index is 11.5. The molecule has 2 atom stereocenters. The monoisotopic (exact) mass is 295 g/mol. The first-order valence-corrected chi connectivity index (χ1v) is 8.04. The Morgan fingerprint density at radius 1 is 0.955 bits per heavy atom. The van der Waals surface area contributed by atoms with Crippen LogP contribution in [0.3, 0.4) is 0 Å². The quantitative estimate of drug-likeness (QED) is 0.915. The third-order valence-electron chi connectivity index (χ3n) is 4.98. The molecule has 0 unspecified atom stereocenters. The van der Waals surface area contributed by atoms with Gasteiger partial charge in [0.15, 0.2) is 0 Å². The van der Waals surface area contributed by atoms with Gasteiger partial charge in [-0.25, -0.2) is 0 Å². The van der Waals surface area contributed by atoms with Crippen molar-refractivity contribution in [1.82, 2.24) is 4.90 Å². The van der Waals surface area contributed by atoms with E-state index >= 15 is 0 Å². The molecule has 2 nitrogen and oxygen atoms in total. The number of hydrogen-bond donors (Lipinski definition) is 1. The van der Waals surface area contributed by atoms with Gasteiger partial charge in [0.05, 0.1) is 5.60 Å². The smallest absolute Gasteiger partial charge is 0.0989 e. The summed E-state index contributed by atoms with van der Waals surface area (Å²) in [6.45, 7) is 5.99. The number of nitrogens with zero attached hydrogens (tertiary/aromatic N) is 1. The minimum Gasteiger partial charge on any atom is -0.384 e. The van der Waals surface area contributed by atoms with Gasteiger partial charge in [0.1, 0.15) is 0 Å². The molecule has 1 N–H and O–H groups in total. The Morgan fingerprint density at radius 3 is 2.09 bits per heavy atom. The molecule has 0 bridgehead atoms. The van der Waals surface area contributed by atoms with E-state index in [0.717, 1.165) is 25.1 Å². The lowest BCUT2D eigenvalue weighted by Crippen LogP contribution is -2.47. The van der Waals surface area contributed by atoms with E-state index in [0.29, 0.717) is 0 Å². The summed E-state index contributed by atoms with van der Waals surface area (Å²) in [5.41, 5.74) is 3.96. The largest absolute Gasteiger partial charge is 0.384 e. The van der Waals surface area contributed by atoms with Crippen LogP contribution in [0, 0.1) is 13.8 Å². The van der Waals surface area contributed by atoms with Gasteiger partial charge in [-0.1, -0.05) is 59.7 Å². The first-order chi connectivity index (χ1) is 10.5. The zero-order valence-electron chi connectivity index (χ0n) is 13.7. The van der Waals surface area contributed by atoms with Crippen LogP contribution in [0.1, 0.15) is 34.6 Å². The molecule has 2 heteroatoms. The molecule has 1 aliphatic heterocycles. The Kier molecular flexibility index (Phi) is 4.07. The molecule has 2 aromatic carbocycles. The first-order valence-electron chi connectivity index (χ1n) is 8.04. The normalized spacial score (nSPS) is 26.1. The predicted molar refractivity (Wildman–Crippen MR) is 91.1 cm³/mol. The average Bonchev–Trinajstić information content (AvgIpc) is 2.51. The lowest BCUT2D eigenvalue weighted by molar-refractivity contribution is -0.0418. The maximum Gasteiger partial charge on any atom is 0.0989 e. The summed E-state index contributed by atoms with van der Waals surface area (Å²) < 4.78 is 0. The molecule has 0 aromatic heterocycles. The van der Waals surface area contributed by atoms with Crippen LogP contribution in [-0.2, 0) is 5.60 Å². The fraction of sp³-hybridized carbons (Fsp3) is 0.400. The lowest BCUT2D eigenvalue weighted by atomic mass is 9.72. The molecule has 0 saturated carbocycles. The van der Waals surface area contributed by atoms with E-state index in [-0.39, 0.29) is 5.92 Å². The fourth-order valence-electron chi connectivity index (χ4n) is 3.46. The number of aryl methyl sites for hydroxylation is 2. The summed E-state index contributed by atoms with van der Waals surface area (Å²) in [5.74, 6) is 0.106. The Morgan fingerprint density at radius 2 is 1.50 bits per heavy atom. The second-order valence-electron chi connectivity index (χ2n) is 6.77. The number of piperidine rings is 1. The van der Waals surface area contributed by atoms with Crippen LogP contribution < -0.4 is 0 Å². The van der Waals surface area contributed by atoms with Crippen molar-refractivity contribution in [2.24, 2.45) is 0 Å². The van der Waals surface area contributed by atoms with Crippen LogP contribution in [0.2, 0.25) is 0 Å². The standard InChI is InChI=1S/C20H25NO/c1-15-4-8-17(9-5-15)19-14-21(3)13-12-20(19,22)18-10-6-16(2)7-11-18/h4-11,19,22H,12-14H2,1-3H3/t19-,20+/m1/s1. The second kappa shape index (κ2) is 5.86. The van der Waals surface area contributed by atoms with Gasteiger partial charge in [-0.2, -0.15) is 0 Å². The molecule has 22 heavy (non-hydrogen) atoms. The summed E-state index contributed by atoms with van der Waals surface area (Å²) in [4.78, 5) is 2.31. The molecule has 0 spiro atoms. The van der Waals surface area contributed by atoms with Crippen LogP contribution in [0.5, 0.6) is 0 Å². The number of likely N-dealkylation sites (N-methyl/N-ethyl adjacent to an activating group) is 1. The summed E-state index contributed by atoms with van der Waals surface area (Å²) in [6, 6.07) is 17.0. The third kappa shape index (κ3) is 2.81. The predicted octanol–water partition coefficient (Wildman–Crippen LogP) is 3.61. The lowest BCUT2D eigenvalue weighted by Gasteiger charge is -2.44. The van der Waals surface area contributed by atoms with Gasteiger partial charge in [-0.05, 0) is 38.4 Å². The molecule has 2 aromatic rings. The molecule has 0 aliphatic carbocycles. The maximum atomic E-state index is 11.5. The summed E-state index contributed by atoms with van der Waals surface area (Å²) in [5, 5.41) is 11.5. The van der Waals surface area contributed by atoms with Crippen molar-refractivity contribution in [3.63, 3.8) is 0 Å². The Labute approximate surface area is 133 Å². The van der Waals surface area contributed by atoms with Crippen LogP contribution in [0.25, 0.3) is 0 Å². The van der Waals surface area contributed by atoms with E-state index in [1.165, 1.54) is 16.7 Å². The number of hydrogen-bond acceptors (Lipinski definition) is 2. The summed E-state index contributed by atoms with van der Waals surface area (Å²) in [6.07, 6.45) is 0.769. The summed E-state index contributed by atoms with van der Waals surface area (Å²) in [7, 11) is 2.13. The third-order valence-corrected chi connectivity index (χ3v) is 4.98. The van der Waals surface area contributed by atoms with Crippen molar-refractivity contribution < 1.29 is 5.11 Å². The van der Waals surface area contributed by atoms with Crippen LogP contribution in [-0.4, -0.2) is 30.1 Å². The van der Waals surface area contributed by atoms with Gasteiger partial charge < -0.3 is 10.0 Å². The highest BCUT2D eigenvalue weighted by Crippen LogP contribution is 2.43. The molecule has 1 saturated heterocycles. The highest BCUT2D eigenvalue weighted by atomic mass is 16.3. The zero-order chi connectivity index (χ0) is 15.7. The van der Waals surface area contributed by atoms with Crippen molar-refractivity contribution in [2.45, 2.75) is 31.8 Å². The van der Waals surface area contributed by atoms with Gasteiger partial charge in [-0.3, -0.25) is 0 Å². The van der Waals surface area contributed by atoms with E-state index in [2.05, 4.69) is 74.3 Å². The molecule has 3 rings (SSSR count). The Hall–Kier alpha value is -1.64.